The van der Waals surface area contributed by atoms with Gasteiger partial charge in [0.2, 0.25) is 16.8 Å². The summed E-state index contributed by atoms with van der Waals surface area (Å²) in [6.45, 7) is 1.11. The van der Waals surface area contributed by atoms with E-state index in [4.69, 9.17) is 9.47 Å². The number of hydrogen-bond donors (Lipinski definition) is 1. The van der Waals surface area contributed by atoms with Gasteiger partial charge in [0.15, 0.2) is 11.5 Å². The summed E-state index contributed by atoms with van der Waals surface area (Å²) in [5, 5.41) is 2.93. The van der Waals surface area contributed by atoms with E-state index in [1.54, 1.807) is 59.2 Å². The number of benzene rings is 2. The Morgan fingerprint density at radius 3 is 2.57 bits per heavy atom. The van der Waals surface area contributed by atoms with E-state index in [1.807, 2.05) is 0 Å². The van der Waals surface area contributed by atoms with E-state index >= 15 is 0 Å². The number of carbonyl (C=O) groups excluding carboxylic acids is 1. The maximum atomic E-state index is 13.3. The number of aromatic nitrogens is 1. The third kappa shape index (κ3) is 3.78. The van der Waals surface area contributed by atoms with Crippen LogP contribution in [0.2, 0.25) is 0 Å². The summed E-state index contributed by atoms with van der Waals surface area (Å²) in [5.74, 6) is 0.523. The number of fused-ring (bicyclic) bond motifs is 5. The lowest BCUT2D eigenvalue weighted by atomic mass is 9.83. The molecular formula is C25H23N3O6S. The van der Waals surface area contributed by atoms with Gasteiger partial charge in [-0.3, -0.25) is 9.59 Å². The van der Waals surface area contributed by atoms with E-state index in [0.717, 1.165) is 6.42 Å². The SMILES string of the molecule is O=C(Nc1ccc(=O)n2c1[C@@H]1C[C@@H](CN(S(=O)(=O)c3ccccc3)C1)C2)c1ccc2c(c1)OCO2. The largest absolute Gasteiger partial charge is 0.454 e. The molecule has 4 heterocycles. The predicted molar refractivity (Wildman–Crippen MR) is 127 cm³/mol. The third-order valence-corrected chi connectivity index (χ3v) is 8.67. The zero-order chi connectivity index (χ0) is 24.2. The highest BCUT2D eigenvalue weighted by molar-refractivity contribution is 7.89. The standard InChI is InChI=1S/C25H23N3O6S/c29-23-9-7-20(26-25(30)17-6-8-21-22(11-17)34-15-33-21)24-18-10-16(13-28(23)24)12-27(14-18)35(31,32)19-4-2-1-3-5-19/h1-9,11,16,18H,10,12-15H2,(H,26,30)/t16-,18+/m0/s1. The fourth-order valence-corrected chi connectivity index (χ4v) is 6.83. The molecule has 35 heavy (non-hydrogen) atoms. The number of nitrogens with zero attached hydrogens (tertiary/aromatic N) is 2. The van der Waals surface area contributed by atoms with Gasteiger partial charge in [0.1, 0.15) is 0 Å². The molecule has 0 unspecified atom stereocenters. The molecule has 180 valence electrons. The van der Waals surface area contributed by atoms with Gasteiger partial charge in [-0.05, 0) is 48.7 Å². The number of anilines is 1. The van der Waals surface area contributed by atoms with Gasteiger partial charge in [-0.1, -0.05) is 18.2 Å². The molecule has 0 radical (unpaired) electrons. The van der Waals surface area contributed by atoms with Crippen molar-refractivity contribution in [1.82, 2.24) is 8.87 Å². The van der Waals surface area contributed by atoms with Gasteiger partial charge in [-0.2, -0.15) is 4.31 Å². The van der Waals surface area contributed by atoms with Crippen molar-refractivity contribution in [2.75, 3.05) is 25.2 Å². The second-order valence-electron chi connectivity index (χ2n) is 9.04. The van der Waals surface area contributed by atoms with Gasteiger partial charge < -0.3 is 19.4 Å². The molecule has 0 saturated carbocycles. The van der Waals surface area contributed by atoms with Crippen LogP contribution in [0, 0.1) is 5.92 Å². The van der Waals surface area contributed by atoms with E-state index < -0.39 is 10.0 Å². The number of amides is 1. The fourth-order valence-electron chi connectivity index (χ4n) is 5.25. The Morgan fingerprint density at radius 1 is 0.943 bits per heavy atom. The number of hydrogen-bond acceptors (Lipinski definition) is 6. The third-order valence-electron chi connectivity index (χ3n) is 6.82. The Kier molecular flexibility index (Phi) is 5.15. The van der Waals surface area contributed by atoms with Crippen molar-refractivity contribution in [3.63, 3.8) is 0 Å². The zero-order valence-electron chi connectivity index (χ0n) is 18.7. The molecule has 2 aromatic carbocycles. The predicted octanol–water partition coefficient (Wildman–Crippen LogP) is 2.64. The Labute approximate surface area is 201 Å². The molecule has 1 aromatic heterocycles. The molecule has 1 N–H and O–H groups in total. The first-order valence-corrected chi connectivity index (χ1v) is 12.8. The lowest BCUT2D eigenvalue weighted by molar-refractivity contribution is 0.102. The van der Waals surface area contributed by atoms with Gasteiger partial charge >= 0.3 is 0 Å². The molecular weight excluding hydrogens is 470 g/mol. The zero-order valence-corrected chi connectivity index (χ0v) is 19.5. The first kappa shape index (κ1) is 21.9. The summed E-state index contributed by atoms with van der Waals surface area (Å²) >= 11 is 0. The summed E-state index contributed by atoms with van der Waals surface area (Å²) in [4.78, 5) is 26.0. The highest BCUT2D eigenvalue weighted by Gasteiger charge is 2.40. The Morgan fingerprint density at radius 2 is 1.74 bits per heavy atom. The first-order chi connectivity index (χ1) is 16.9. The van der Waals surface area contributed by atoms with Gasteiger partial charge in [-0.25, -0.2) is 8.42 Å². The highest BCUT2D eigenvalue weighted by Crippen LogP contribution is 2.40. The minimum atomic E-state index is -3.67. The van der Waals surface area contributed by atoms with E-state index in [2.05, 4.69) is 5.32 Å². The highest BCUT2D eigenvalue weighted by atomic mass is 32.2. The average Bonchev–Trinajstić information content (AvgIpc) is 3.34. The molecule has 10 heteroatoms. The Hall–Kier alpha value is -3.63. The second kappa shape index (κ2) is 8.24. The van der Waals surface area contributed by atoms with Gasteiger partial charge in [0, 0.05) is 42.9 Å². The summed E-state index contributed by atoms with van der Waals surface area (Å²) in [6, 6.07) is 16.4. The number of sulfonamides is 1. The van der Waals surface area contributed by atoms with Crippen LogP contribution in [-0.2, 0) is 16.6 Å². The maximum absolute atomic E-state index is 13.3. The van der Waals surface area contributed by atoms with Crippen LogP contribution in [0.1, 0.15) is 28.4 Å². The van der Waals surface area contributed by atoms with Crippen molar-refractivity contribution in [3.05, 3.63) is 82.3 Å². The van der Waals surface area contributed by atoms with Gasteiger partial charge in [-0.15, -0.1) is 0 Å². The summed E-state index contributed by atoms with van der Waals surface area (Å²) < 4.78 is 40.5. The number of nitrogens with one attached hydrogen (secondary N) is 1. The summed E-state index contributed by atoms with van der Waals surface area (Å²) in [7, 11) is -3.67. The van der Waals surface area contributed by atoms with Crippen LogP contribution in [0.5, 0.6) is 11.5 Å². The van der Waals surface area contributed by atoms with Crippen LogP contribution in [0.3, 0.4) is 0 Å². The fraction of sp³-hybridized carbons (Fsp3) is 0.280. The van der Waals surface area contributed by atoms with Crippen LogP contribution in [0.15, 0.2) is 70.4 Å². The summed E-state index contributed by atoms with van der Waals surface area (Å²) in [5.41, 5.74) is 1.41. The van der Waals surface area contributed by atoms with E-state index in [0.29, 0.717) is 41.5 Å². The molecule has 2 bridgehead atoms. The van der Waals surface area contributed by atoms with Crippen molar-refractivity contribution in [1.29, 1.82) is 0 Å². The quantitative estimate of drug-likeness (QED) is 0.599. The molecule has 6 rings (SSSR count). The van der Waals surface area contributed by atoms with Crippen molar-refractivity contribution >= 4 is 21.6 Å². The molecule has 1 saturated heterocycles. The monoisotopic (exact) mass is 493 g/mol. The lowest BCUT2D eigenvalue weighted by Crippen LogP contribution is -2.49. The van der Waals surface area contributed by atoms with E-state index in [1.165, 1.54) is 10.4 Å². The normalized spacial score (nSPS) is 20.8. The lowest BCUT2D eigenvalue weighted by Gasteiger charge is -2.42. The van der Waals surface area contributed by atoms with Crippen molar-refractivity contribution in [2.24, 2.45) is 5.92 Å². The molecule has 2 atom stereocenters. The molecule has 3 aliphatic heterocycles. The van der Waals surface area contributed by atoms with Crippen LogP contribution >= 0.6 is 0 Å². The van der Waals surface area contributed by atoms with Gasteiger partial charge in [0.25, 0.3) is 11.5 Å². The molecule has 3 aliphatic rings. The van der Waals surface area contributed by atoms with E-state index in [9.17, 15) is 18.0 Å². The maximum Gasteiger partial charge on any atom is 0.255 e. The topological polar surface area (TPSA) is 107 Å². The average molecular weight is 494 g/mol. The smallest absolute Gasteiger partial charge is 0.255 e. The molecule has 9 nitrogen and oxygen atoms in total. The molecule has 1 amide bonds. The van der Waals surface area contributed by atoms with Crippen molar-refractivity contribution in [3.8, 4) is 11.5 Å². The van der Waals surface area contributed by atoms with Gasteiger partial charge in [0.05, 0.1) is 10.6 Å². The number of piperidine rings is 1. The van der Waals surface area contributed by atoms with Crippen molar-refractivity contribution in [2.45, 2.75) is 23.8 Å². The van der Waals surface area contributed by atoms with Crippen LogP contribution < -0.4 is 20.3 Å². The minimum Gasteiger partial charge on any atom is -0.454 e. The first-order valence-electron chi connectivity index (χ1n) is 11.4. The number of ether oxygens (including phenoxy) is 2. The van der Waals surface area contributed by atoms with Crippen LogP contribution in [0.25, 0.3) is 0 Å². The molecule has 3 aromatic rings. The molecule has 0 aliphatic carbocycles. The molecule has 0 spiro atoms. The number of carbonyl (C=O) groups is 1. The van der Waals surface area contributed by atoms with Crippen LogP contribution in [0.4, 0.5) is 5.69 Å². The minimum absolute atomic E-state index is 0.0113. The van der Waals surface area contributed by atoms with E-state index in [-0.39, 0.29) is 41.5 Å². The Balaban J connectivity index is 1.32. The number of rotatable bonds is 4. The Bertz CT molecular complexity index is 1480. The number of pyridine rings is 1. The molecule has 1 fully saturated rings. The second-order valence-corrected chi connectivity index (χ2v) is 11.0. The van der Waals surface area contributed by atoms with Crippen LogP contribution in [-0.4, -0.2) is 43.1 Å². The summed E-state index contributed by atoms with van der Waals surface area (Å²) in [6.07, 6.45) is 0.747. The van der Waals surface area contributed by atoms with Crippen molar-refractivity contribution < 1.29 is 22.7 Å².